The maximum atomic E-state index is 12.5. The highest BCUT2D eigenvalue weighted by Crippen LogP contribution is 2.30. The minimum absolute atomic E-state index is 0.0110. The molecule has 0 spiro atoms. The highest BCUT2D eigenvalue weighted by molar-refractivity contribution is 7.14. The Bertz CT molecular complexity index is 1020. The number of hydrogen-bond acceptors (Lipinski definition) is 4. The van der Waals surface area contributed by atoms with E-state index in [-0.39, 0.29) is 5.91 Å². The van der Waals surface area contributed by atoms with Gasteiger partial charge in [-0.3, -0.25) is 4.79 Å². The molecule has 1 aromatic heterocycles. The Hall–Kier alpha value is -2.63. The van der Waals surface area contributed by atoms with Crippen molar-refractivity contribution < 1.29 is 14.3 Å². The van der Waals surface area contributed by atoms with E-state index in [1.807, 2.05) is 6.07 Å². The number of benzene rings is 2. The number of thiophene rings is 1. The molecule has 0 saturated carbocycles. The Kier molecular flexibility index (Phi) is 5.08. The Morgan fingerprint density at radius 3 is 2.69 bits per heavy atom. The molecule has 148 valence electrons. The Morgan fingerprint density at radius 1 is 0.966 bits per heavy atom. The van der Waals surface area contributed by atoms with Crippen LogP contribution in [0.25, 0.3) is 11.1 Å². The normalized spacial score (nSPS) is 15.2. The van der Waals surface area contributed by atoms with E-state index in [9.17, 15) is 4.79 Å². The van der Waals surface area contributed by atoms with Crippen molar-refractivity contribution in [2.24, 2.45) is 0 Å². The van der Waals surface area contributed by atoms with E-state index in [2.05, 4.69) is 47.8 Å². The number of carbonyl (C=O) groups excluding carboxylic acids is 1. The number of ether oxygens (including phenoxy) is 2. The van der Waals surface area contributed by atoms with E-state index in [0.717, 1.165) is 54.2 Å². The molecule has 0 unspecified atom stereocenters. The molecule has 0 fully saturated rings. The minimum Gasteiger partial charge on any atom is -0.493 e. The van der Waals surface area contributed by atoms with Crippen LogP contribution in [0, 0.1) is 0 Å². The second-order valence-electron chi connectivity index (χ2n) is 7.52. The summed E-state index contributed by atoms with van der Waals surface area (Å²) < 4.78 is 11.2. The first-order chi connectivity index (χ1) is 14.3. The average Bonchev–Trinajstić information content (AvgIpc) is 3.22. The predicted octanol–water partition coefficient (Wildman–Crippen LogP) is 4.74. The van der Waals surface area contributed by atoms with Crippen LogP contribution in [0.4, 0.5) is 0 Å². The first kappa shape index (κ1) is 18.4. The molecule has 0 atom stereocenters. The summed E-state index contributed by atoms with van der Waals surface area (Å²) in [6, 6.07) is 16.8. The molecule has 3 heterocycles. The van der Waals surface area contributed by atoms with Crippen molar-refractivity contribution in [2.45, 2.75) is 32.4 Å². The smallest absolute Gasteiger partial charge is 0.261 e. The van der Waals surface area contributed by atoms with E-state index in [0.29, 0.717) is 13.2 Å². The molecule has 5 heteroatoms. The summed E-state index contributed by atoms with van der Waals surface area (Å²) >= 11 is 1.59. The van der Waals surface area contributed by atoms with Crippen LogP contribution in [-0.4, -0.2) is 19.1 Å². The number of aryl methyl sites for hydroxylation is 1. The van der Waals surface area contributed by atoms with Crippen LogP contribution in [0.3, 0.4) is 0 Å². The molecular weight excluding hydrogens is 382 g/mol. The fraction of sp³-hybridized carbons (Fsp3) is 0.292. The molecule has 2 aliphatic rings. The quantitative estimate of drug-likeness (QED) is 0.682. The van der Waals surface area contributed by atoms with Crippen LogP contribution < -0.4 is 10.1 Å². The largest absolute Gasteiger partial charge is 0.493 e. The summed E-state index contributed by atoms with van der Waals surface area (Å²) in [4.78, 5) is 14.6. The summed E-state index contributed by atoms with van der Waals surface area (Å²) in [5, 5.41) is 3.04. The van der Waals surface area contributed by atoms with Crippen molar-refractivity contribution in [3.8, 4) is 16.9 Å². The predicted molar refractivity (Wildman–Crippen MR) is 115 cm³/mol. The maximum Gasteiger partial charge on any atom is 0.261 e. The summed E-state index contributed by atoms with van der Waals surface area (Å²) in [6.07, 6.45) is 3.06. The van der Waals surface area contributed by atoms with Gasteiger partial charge in [-0.05, 0) is 58.9 Å². The van der Waals surface area contributed by atoms with E-state index in [4.69, 9.17) is 9.47 Å². The fourth-order valence-electron chi connectivity index (χ4n) is 3.88. The minimum atomic E-state index is -0.0110. The lowest BCUT2D eigenvalue weighted by Gasteiger charge is -2.18. The molecule has 0 saturated heterocycles. The van der Waals surface area contributed by atoms with Gasteiger partial charge in [0, 0.05) is 17.8 Å². The zero-order valence-electron chi connectivity index (χ0n) is 16.2. The molecule has 29 heavy (non-hydrogen) atoms. The van der Waals surface area contributed by atoms with Crippen LogP contribution >= 0.6 is 11.3 Å². The molecule has 0 aliphatic carbocycles. The number of hydrogen-bond donors (Lipinski definition) is 1. The highest BCUT2D eigenvalue weighted by atomic mass is 32.1. The van der Waals surface area contributed by atoms with Crippen LogP contribution in [0.15, 0.2) is 48.5 Å². The van der Waals surface area contributed by atoms with E-state index < -0.39 is 0 Å². The third kappa shape index (κ3) is 3.93. The van der Waals surface area contributed by atoms with Gasteiger partial charge in [-0.1, -0.05) is 30.3 Å². The Labute approximate surface area is 174 Å². The SMILES string of the molecule is O=C(NCc1ccc(-c2ccc3c(c2)CCCO3)cc1)c1cc2c(s1)CCOC2. The van der Waals surface area contributed by atoms with Gasteiger partial charge in [-0.25, -0.2) is 0 Å². The molecule has 1 N–H and O–H groups in total. The van der Waals surface area contributed by atoms with E-state index in [1.165, 1.54) is 21.6 Å². The number of rotatable bonds is 4. The molecule has 0 radical (unpaired) electrons. The van der Waals surface area contributed by atoms with E-state index in [1.54, 1.807) is 11.3 Å². The van der Waals surface area contributed by atoms with Gasteiger partial charge in [0.25, 0.3) is 5.91 Å². The van der Waals surface area contributed by atoms with Crippen LogP contribution in [0.2, 0.25) is 0 Å². The lowest BCUT2D eigenvalue weighted by Crippen LogP contribution is -2.21. The van der Waals surface area contributed by atoms with Crippen molar-refractivity contribution in [3.63, 3.8) is 0 Å². The highest BCUT2D eigenvalue weighted by Gasteiger charge is 2.17. The maximum absolute atomic E-state index is 12.5. The summed E-state index contributed by atoms with van der Waals surface area (Å²) in [6.45, 7) is 2.71. The summed E-state index contributed by atoms with van der Waals surface area (Å²) in [7, 11) is 0. The molecule has 2 aliphatic heterocycles. The van der Waals surface area contributed by atoms with Crippen LogP contribution in [0.1, 0.15) is 37.7 Å². The first-order valence-corrected chi connectivity index (χ1v) is 10.9. The summed E-state index contributed by atoms with van der Waals surface area (Å²) in [5.74, 6) is 1.00. The van der Waals surface area contributed by atoms with Crippen molar-refractivity contribution in [1.82, 2.24) is 5.32 Å². The van der Waals surface area contributed by atoms with Crippen molar-refractivity contribution in [3.05, 3.63) is 75.0 Å². The third-order valence-electron chi connectivity index (χ3n) is 5.50. The topological polar surface area (TPSA) is 47.6 Å². The second-order valence-corrected chi connectivity index (χ2v) is 8.65. The molecule has 4 nitrogen and oxygen atoms in total. The van der Waals surface area contributed by atoms with Gasteiger partial charge >= 0.3 is 0 Å². The van der Waals surface area contributed by atoms with Crippen molar-refractivity contribution in [1.29, 1.82) is 0 Å². The fourth-order valence-corrected chi connectivity index (χ4v) is 4.95. The van der Waals surface area contributed by atoms with Gasteiger partial charge in [0.05, 0.1) is 24.7 Å². The van der Waals surface area contributed by atoms with Gasteiger partial charge in [0.15, 0.2) is 0 Å². The van der Waals surface area contributed by atoms with E-state index >= 15 is 0 Å². The zero-order valence-corrected chi connectivity index (χ0v) is 17.0. The molecule has 3 aromatic rings. The lowest BCUT2D eigenvalue weighted by atomic mass is 9.98. The molecular formula is C24H23NO3S. The number of amides is 1. The van der Waals surface area contributed by atoms with Crippen molar-refractivity contribution in [2.75, 3.05) is 13.2 Å². The number of carbonyl (C=O) groups is 1. The van der Waals surface area contributed by atoms with Gasteiger partial charge < -0.3 is 14.8 Å². The standard InChI is InChI=1S/C24H23NO3S/c26-24(23-13-20-15-27-11-9-22(20)29-23)25-14-16-3-5-17(6-4-16)18-7-8-21-19(12-18)2-1-10-28-21/h3-8,12-13H,1-2,9-11,14-15H2,(H,25,26). The molecule has 2 aromatic carbocycles. The Morgan fingerprint density at radius 2 is 1.83 bits per heavy atom. The van der Waals surface area contributed by atoms with Gasteiger partial charge in [-0.15, -0.1) is 11.3 Å². The van der Waals surface area contributed by atoms with Crippen LogP contribution in [0.5, 0.6) is 5.75 Å². The summed E-state index contributed by atoms with van der Waals surface area (Å²) in [5.41, 5.74) is 5.92. The average molecular weight is 406 g/mol. The first-order valence-electron chi connectivity index (χ1n) is 10.1. The molecule has 1 amide bonds. The zero-order chi connectivity index (χ0) is 19.6. The number of nitrogens with one attached hydrogen (secondary N) is 1. The van der Waals surface area contributed by atoms with Gasteiger partial charge in [0.2, 0.25) is 0 Å². The Balaban J connectivity index is 1.24. The lowest BCUT2D eigenvalue weighted by molar-refractivity contribution is 0.0954. The second kappa shape index (κ2) is 8.01. The van der Waals surface area contributed by atoms with Gasteiger partial charge in [-0.2, -0.15) is 0 Å². The van der Waals surface area contributed by atoms with Crippen LogP contribution in [-0.2, 0) is 30.7 Å². The third-order valence-corrected chi connectivity index (χ3v) is 6.74. The molecule has 0 bridgehead atoms. The van der Waals surface area contributed by atoms with Crippen molar-refractivity contribution >= 4 is 17.2 Å². The monoisotopic (exact) mass is 405 g/mol. The van der Waals surface area contributed by atoms with Gasteiger partial charge in [0.1, 0.15) is 5.75 Å². The molecule has 5 rings (SSSR count). The number of fused-ring (bicyclic) bond motifs is 2.